The maximum Gasteiger partial charge on any atom is 0.222 e. The monoisotopic (exact) mass is 305 g/mol. The molecule has 1 saturated carbocycles. The molecular weight excluding hydrogens is 278 g/mol. The largest absolute Gasteiger partial charge is 0.494 e. The van der Waals surface area contributed by atoms with E-state index in [-0.39, 0.29) is 12.3 Å². The van der Waals surface area contributed by atoms with E-state index < -0.39 is 5.60 Å². The Hall–Kier alpha value is -1.55. The van der Waals surface area contributed by atoms with Crippen molar-refractivity contribution in [2.45, 2.75) is 57.5 Å². The van der Waals surface area contributed by atoms with Crippen molar-refractivity contribution < 1.29 is 14.6 Å². The molecule has 0 aromatic heterocycles. The molecule has 1 aromatic carbocycles. The van der Waals surface area contributed by atoms with E-state index in [0.29, 0.717) is 13.2 Å². The number of hydrogen-bond donors (Lipinski definition) is 2. The third-order valence-electron chi connectivity index (χ3n) is 4.22. The van der Waals surface area contributed by atoms with Gasteiger partial charge in [-0.25, -0.2) is 0 Å². The molecule has 122 valence electrons. The van der Waals surface area contributed by atoms with Gasteiger partial charge in [0.2, 0.25) is 5.91 Å². The first-order valence-electron chi connectivity index (χ1n) is 8.32. The second-order valence-electron chi connectivity index (χ2n) is 6.14. The molecule has 1 fully saturated rings. The number of benzene rings is 1. The smallest absolute Gasteiger partial charge is 0.222 e. The third kappa shape index (κ3) is 5.34. The Kier molecular flexibility index (Phi) is 6.25. The lowest BCUT2D eigenvalue weighted by Crippen LogP contribution is -2.38. The average Bonchev–Trinajstić information content (AvgIpc) is 2.48. The minimum atomic E-state index is -0.781. The van der Waals surface area contributed by atoms with Crippen LogP contribution in [-0.4, -0.2) is 29.8 Å². The van der Waals surface area contributed by atoms with Gasteiger partial charge in [0.25, 0.3) is 0 Å². The molecule has 0 aliphatic heterocycles. The first-order chi connectivity index (χ1) is 10.6. The number of carbonyl (C=O) groups is 1. The van der Waals surface area contributed by atoms with Gasteiger partial charge in [0.05, 0.1) is 18.6 Å². The molecule has 0 atom stereocenters. The van der Waals surface area contributed by atoms with Crippen LogP contribution in [0.5, 0.6) is 5.75 Å². The van der Waals surface area contributed by atoms with Gasteiger partial charge in [0.15, 0.2) is 0 Å². The van der Waals surface area contributed by atoms with Crippen LogP contribution in [0.15, 0.2) is 24.3 Å². The third-order valence-corrected chi connectivity index (χ3v) is 4.22. The molecular formula is C18H27NO3. The highest BCUT2D eigenvalue weighted by Gasteiger charge is 2.31. The molecule has 1 amide bonds. The molecule has 1 aromatic rings. The van der Waals surface area contributed by atoms with Crippen LogP contribution in [0.3, 0.4) is 0 Å². The molecule has 22 heavy (non-hydrogen) atoms. The van der Waals surface area contributed by atoms with E-state index >= 15 is 0 Å². The van der Waals surface area contributed by atoms with Gasteiger partial charge in [-0.3, -0.25) is 4.79 Å². The van der Waals surface area contributed by atoms with E-state index in [1.54, 1.807) is 0 Å². The molecule has 0 saturated heterocycles. The van der Waals surface area contributed by atoms with Crippen molar-refractivity contribution in [2.24, 2.45) is 0 Å². The summed E-state index contributed by atoms with van der Waals surface area (Å²) in [6.45, 7) is 3.20. The number of rotatable bonds is 7. The fourth-order valence-corrected chi connectivity index (χ4v) is 3.05. The van der Waals surface area contributed by atoms with Gasteiger partial charge < -0.3 is 15.2 Å². The topological polar surface area (TPSA) is 58.6 Å². The van der Waals surface area contributed by atoms with Crippen molar-refractivity contribution in [1.82, 2.24) is 5.32 Å². The van der Waals surface area contributed by atoms with Crippen LogP contribution >= 0.6 is 0 Å². The summed E-state index contributed by atoms with van der Waals surface area (Å²) in [5.74, 6) is 0.813. The Morgan fingerprint density at radius 3 is 2.82 bits per heavy atom. The van der Waals surface area contributed by atoms with Crippen molar-refractivity contribution >= 4 is 5.91 Å². The molecule has 4 heteroatoms. The van der Waals surface area contributed by atoms with Crippen LogP contribution in [0.4, 0.5) is 0 Å². The molecule has 1 aliphatic carbocycles. The fourth-order valence-electron chi connectivity index (χ4n) is 3.05. The zero-order valence-corrected chi connectivity index (χ0v) is 13.4. The summed E-state index contributed by atoms with van der Waals surface area (Å²) in [4.78, 5) is 12.0. The lowest BCUT2D eigenvalue weighted by Gasteiger charge is -2.31. The molecule has 0 unspecified atom stereocenters. The van der Waals surface area contributed by atoms with Crippen LogP contribution in [0.1, 0.15) is 51.0 Å². The first-order valence-corrected chi connectivity index (χ1v) is 8.32. The van der Waals surface area contributed by atoms with E-state index in [2.05, 4.69) is 5.32 Å². The lowest BCUT2D eigenvalue weighted by molar-refractivity contribution is -0.127. The van der Waals surface area contributed by atoms with Crippen molar-refractivity contribution in [3.8, 4) is 5.75 Å². The van der Waals surface area contributed by atoms with Gasteiger partial charge in [-0.1, -0.05) is 31.4 Å². The summed E-state index contributed by atoms with van der Waals surface area (Å²) in [7, 11) is 0. The lowest BCUT2D eigenvalue weighted by atomic mass is 9.82. The molecule has 1 aliphatic rings. The zero-order chi connectivity index (χ0) is 15.8. The van der Waals surface area contributed by atoms with Gasteiger partial charge >= 0.3 is 0 Å². The van der Waals surface area contributed by atoms with E-state index in [1.165, 1.54) is 6.42 Å². The molecule has 0 radical (unpaired) electrons. The highest BCUT2D eigenvalue weighted by Crippen LogP contribution is 2.30. The summed E-state index contributed by atoms with van der Waals surface area (Å²) < 4.78 is 5.47. The summed E-state index contributed by atoms with van der Waals surface area (Å²) in [6, 6.07) is 7.94. The van der Waals surface area contributed by atoms with Gasteiger partial charge in [-0.15, -0.1) is 0 Å². The van der Waals surface area contributed by atoms with E-state index in [0.717, 1.165) is 43.4 Å². The molecule has 0 bridgehead atoms. The van der Waals surface area contributed by atoms with Crippen LogP contribution in [0.2, 0.25) is 0 Å². The number of ether oxygens (including phenoxy) is 1. The average molecular weight is 305 g/mol. The summed E-state index contributed by atoms with van der Waals surface area (Å²) in [5.41, 5.74) is 0.361. The Morgan fingerprint density at radius 1 is 1.32 bits per heavy atom. The maximum absolute atomic E-state index is 12.0. The van der Waals surface area contributed by atoms with Crippen LogP contribution in [-0.2, 0) is 11.2 Å². The zero-order valence-electron chi connectivity index (χ0n) is 13.4. The minimum absolute atomic E-state index is 0.0506. The summed E-state index contributed by atoms with van der Waals surface area (Å²) in [6.07, 6.45) is 5.70. The quantitative estimate of drug-likeness (QED) is 0.814. The van der Waals surface area contributed by atoms with Gasteiger partial charge in [0, 0.05) is 6.54 Å². The normalized spacial score (nSPS) is 17.0. The Balaban J connectivity index is 1.73. The number of hydrogen-bond acceptors (Lipinski definition) is 3. The minimum Gasteiger partial charge on any atom is -0.494 e. The van der Waals surface area contributed by atoms with Crippen molar-refractivity contribution in [2.75, 3.05) is 13.2 Å². The molecule has 0 heterocycles. The van der Waals surface area contributed by atoms with Crippen LogP contribution < -0.4 is 10.1 Å². The van der Waals surface area contributed by atoms with Crippen molar-refractivity contribution in [1.29, 1.82) is 0 Å². The Bertz CT molecular complexity index is 481. The van der Waals surface area contributed by atoms with E-state index in [4.69, 9.17) is 4.74 Å². The van der Waals surface area contributed by atoms with Crippen molar-refractivity contribution in [3.05, 3.63) is 29.8 Å². The number of nitrogens with one attached hydrogen (secondary N) is 1. The predicted octanol–water partition coefficient (Wildman–Crippen LogP) is 2.83. The second kappa shape index (κ2) is 8.18. The SMILES string of the molecule is CCOc1cccc(CCNC(=O)CC2(O)CCCCC2)c1. The first kappa shape index (κ1) is 16.8. The van der Waals surface area contributed by atoms with Gasteiger partial charge in [-0.2, -0.15) is 0 Å². The van der Waals surface area contributed by atoms with Crippen LogP contribution in [0, 0.1) is 0 Å². The predicted molar refractivity (Wildman–Crippen MR) is 87.0 cm³/mol. The molecule has 4 nitrogen and oxygen atoms in total. The van der Waals surface area contributed by atoms with Crippen LogP contribution in [0.25, 0.3) is 0 Å². The molecule has 0 spiro atoms. The number of aliphatic hydroxyl groups is 1. The fraction of sp³-hybridized carbons (Fsp3) is 0.611. The number of amides is 1. The highest BCUT2D eigenvalue weighted by atomic mass is 16.5. The standard InChI is InChI=1S/C18H27NO3/c1-2-22-16-8-6-7-15(13-16)9-12-19-17(20)14-18(21)10-4-3-5-11-18/h6-8,13,21H,2-5,9-12,14H2,1H3,(H,19,20). The molecule has 2 rings (SSSR count). The summed E-state index contributed by atoms with van der Waals surface area (Å²) in [5, 5.41) is 13.3. The van der Waals surface area contributed by atoms with E-state index in [1.807, 2.05) is 31.2 Å². The van der Waals surface area contributed by atoms with Gasteiger partial charge in [-0.05, 0) is 43.9 Å². The maximum atomic E-state index is 12.0. The van der Waals surface area contributed by atoms with E-state index in [9.17, 15) is 9.90 Å². The molecule has 2 N–H and O–H groups in total. The number of carbonyl (C=O) groups excluding carboxylic acids is 1. The Morgan fingerprint density at radius 2 is 2.09 bits per heavy atom. The highest BCUT2D eigenvalue weighted by molar-refractivity contribution is 5.77. The van der Waals surface area contributed by atoms with Gasteiger partial charge in [0.1, 0.15) is 5.75 Å². The Labute approximate surface area is 132 Å². The van der Waals surface area contributed by atoms with Crippen molar-refractivity contribution in [3.63, 3.8) is 0 Å². The second-order valence-corrected chi connectivity index (χ2v) is 6.14. The summed E-state index contributed by atoms with van der Waals surface area (Å²) >= 11 is 0.